The van der Waals surface area contributed by atoms with Crippen LogP contribution in [0.3, 0.4) is 0 Å². The summed E-state index contributed by atoms with van der Waals surface area (Å²) in [5, 5.41) is 0. The lowest BCUT2D eigenvalue weighted by Gasteiger charge is -2.69. The van der Waals surface area contributed by atoms with Crippen LogP contribution in [-0.4, -0.2) is 91.2 Å². The summed E-state index contributed by atoms with van der Waals surface area (Å²) in [6.45, 7) is 41.9. The predicted octanol–water partition coefficient (Wildman–Crippen LogP) is 9.90. The van der Waals surface area contributed by atoms with Gasteiger partial charge in [0.25, 0.3) is 0 Å². The van der Waals surface area contributed by atoms with Crippen LogP contribution in [0.25, 0.3) is 0 Å². The van der Waals surface area contributed by atoms with E-state index in [1.807, 2.05) is 31.2 Å². The molecule has 0 unspecified atom stereocenters. The minimum absolute atomic E-state index is 0.304. The minimum atomic E-state index is -3.02. The fourth-order valence-electron chi connectivity index (χ4n) is 9.04. The van der Waals surface area contributed by atoms with E-state index in [0.29, 0.717) is 22.3 Å². The SMILES string of the molecule is CCCCCC(C(OC(=O)c1ccc(CSC(=S)OCC)cc1)([Si](C)(C)O[SiH](C)C)[Si](C)(C)O[SiH](C)C)([Si](C)(C)O[SiH](C)C)[Si](C)(C)O[SiH](C)C. The summed E-state index contributed by atoms with van der Waals surface area (Å²) in [4.78, 5) is 14.1. The number of carbonyl (C=O) groups excluding carboxylic acids is 1. The summed E-state index contributed by atoms with van der Waals surface area (Å²) in [5.74, 6) is 0.367. The Morgan fingerprint density at radius 2 is 1.10 bits per heavy atom. The molecular formula is C34H74O7S2Si8. The third-order valence-electron chi connectivity index (χ3n) is 9.68. The van der Waals surface area contributed by atoms with Gasteiger partial charge in [0, 0.05) is 10.4 Å². The summed E-state index contributed by atoms with van der Waals surface area (Å²) in [5.41, 5.74) is 1.61. The Bertz CT molecular complexity index is 1200. The molecule has 7 nitrogen and oxygen atoms in total. The number of esters is 1. The monoisotopic (exact) mass is 882 g/mol. The number of hydrogen-bond donors (Lipinski definition) is 0. The van der Waals surface area contributed by atoms with Crippen molar-refractivity contribution in [3.8, 4) is 0 Å². The van der Waals surface area contributed by atoms with Gasteiger partial charge in [0.1, 0.15) is 4.85 Å². The van der Waals surface area contributed by atoms with E-state index >= 15 is 4.79 Å². The number of thioether (sulfide) groups is 1. The first-order valence-electron chi connectivity index (χ1n) is 19.1. The van der Waals surface area contributed by atoms with Crippen LogP contribution in [0, 0.1) is 0 Å². The molecule has 17 heteroatoms. The number of hydrogen-bond acceptors (Lipinski definition) is 9. The van der Waals surface area contributed by atoms with Crippen LogP contribution in [0.1, 0.15) is 55.5 Å². The fraction of sp³-hybridized carbons (Fsp3) is 0.765. The first kappa shape index (κ1) is 49.5. The molecule has 0 N–H and O–H groups in total. The van der Waals surface area contributed by atoms with E-state index in [2.05, 4.69) is 112 Å². The van der Waals surface area contributed by atoms with Crippen molar-refractivity contribution in [3.63, 3.8) is 0 Å². The second-order valence-corrected chi connectivity index (χ2v) is 46.7. The van der Waals surface area contributed by atoms with E-state index in [9.17, 15) is 0 Å². The van der Waals surface area contributed by atoms with Crippen LogP contribution in [0.15, 0.2) is 24.3 Å². The Kier molecular flexibility index (Phi) is 20.0. The normalized spacial score (nSPS) is 13.8. The standard InChI is InChI=1S/C34H74O7S2Si8/c1-19-21-22-27-33(48(11,12)38-44(3)4,49(13,14)39-45(5)6)34(50(15,16)40-46(7)8,51(17,18)41-47(9)10)37-31(35)30-25-23-29(24-26-30)28-43-32(42)36-20-2/h23-26,44-47H,19-22,27-28H2,1-18H3. The molecule has 0 radical (unpaired) electrons. The quantitative estimate of drug-likeness (QED) is 0.0490. The zero-order chi connectivity index (χ0) is 39.6. The zero-order valence-electron chi connectivity index (χ0n) is 35.5. The highest BCUT2D eigenvalue weighted by Crippen LogP contribution is 2.66. The lowest BCUT2D eigenvalue weighted by Crippen LogP contribution is -2.86. The summed E-state index contributed by atoms with van der Waals surface area (Å²) < 4.78 is 42.8. The van der Waals surface area contributed by atoms with Crippen molar-refractivity contribution in [2.75, 3.05) is 6.61 Å². The van der Waals surface area contributed by atoms with Gasteiger partial charge in [0.15, 0.2) is 52.8 Å². The van der Waals surface area contributed by atoms with Crippen molar-refractivity contribution in [2.24, 2.45) is 0 Å². The van der Waals surface area contributed by atoms with Crippen molar-refractivity contribution in [2.45, 2.75) is 160 Å². The van der Waals surface area contributed by atoms with E-state index in [1.54, 1.807) is 0 Å². The van der Waals surface area contributed by atoms with Crippen molar-refractivity contribution in [3.05, 3.63) is 35.4 Å². The van der Waals surface area contributed by atoms with E-state index in [0.717, 1.165) is 31.2 Å². The van der Waals surface area contributed by atoms with Crippen LogP contribution in [0.5, 0.6) is 0 Å². The summed E-state index contributed by atoms with van der Waals surface area (Å²) in [6.07, 6.45) is 4.08. The molecule has 0 saturated carbocycles. The molecule has 1 rings (SSSR count). The molecule has 0 atom stereocenters. The second-order valence-electron chi connectivity index (χ2n) is 16.8. The number of ether oxygens (including phenoxy) is 2. The van der Waals surface area contributed by atoms with E-state index < -0.39 is 78.9 Å². The van der Waals surface area contributed by atoms with E-state index in [4.69, 9.17) is 38.2 Å². The third kappa shape index (κ3) is 12.2. The van der Waals surface area contributed by atoms with Gasteiger partial charge in [-0.2, -0.15) is 0 Å². The van der Waals surface area contributed by atoms with Gasteiger partial charge in [-0.05, 0) is 148 Å². The minimum Gasteiger partial charge on any atom is -0.479 e. The third-order valence-corrected chi connectivity index (χ3v) is 45.9. The number of rotatable bonds is 22. The predicted molar refractivity (Wildman–Crippen MR) is 247 cm³/mol. The first-order chi connectivity index (χ1) is 23.3. The molecule has 296 valence electrons. The molecule has 51 heavy (non-hydrogen) atoms. The lowest BCUT2D eigenvalue weighted by molar-refractivity contribution is 0.0149. The molecule has 1 aromatic rings. The maximum absolute atomic E-state index is 15.1. The van der Waals surface area contributed by atoms with Gasteiger partial charge in [0.05, 0.1) is 12.2 Å². The van der Waals surface area contributed by atoms with Gasteiger partial charge in [-0.25, -0.2) is 4.79 Å². The molecule has 0 aliphatic rings. The Morgan fingerprint density at radius 1 is 0.686 bits per heavy atom. The van der Waals surface area contributed by atoms with E-state index in [1.165, 1.54) is 11.8 Å². The van der Waals surface area contributed by atoms with Crippen molar-refractivity contribution in [1.29, 1.82) is 0 Å². The highest BCUT2D eigenvalue weighted by atomic mass is 32.2. The van der Waals surface area contributed by atoms with E-state index in [-0.39, 0.29) is 5.97 Å². The lowest BCUT2D eigenvalue weighted by atomic mass is 10.1. The van der Waals surface area contributed by atoms with Crippen LogP contribution < -0.4 is 0 Å². The Balaban J connectivity index is 4.49. The second kappa shape index (κ2) is 20.6. The molecule has 0 aliphatic heterocycles. The van der Waals surface area contributed by atoms with Crippen LogP contribution in [0.2, 0.25) is 109 Å². The zero-order valence-corrected chi connectivity index (χ0v) is 45.8. The molecule has 1 aromatic carbocycles. The molecule has 0 amide bonds. The average molecular weight is 884 g/mol. The fourth-order valence-corrected chi connectivity index (χ4v) is 59.1. The van der Waals surface area contributed by atoms with Gasteiger partial charge < -0.3 is 25.9 Å². The van der Waals surface area contributed by atoms with Gasteiger partial charge in [-0.15, -0.1) is 0 Å². The molecular weight excluding hydrogens is 809 g/mol. The van der Waals surface area contributed by atoms with Crippen LogP contribution in [0.4, 0.5) is 0 Å². The maximum Gasteiger partial charge on any atom is 0.338 e. The summed E-state index contributed by atoms with van der Waals surface area (Å²) in [6, 6.07) is 7.83. The molecule has 0 spiro atoms. The average Bonchev–Trinajstić information content (AvgIpc) is 2.94. The highest BCUT2D eigenvalue weighted by Gasteiger charge is 2.81. The number of benzene rings is 1. The molecule has 0 heterocycles. The molecule has 0 aromatic heterocycles. The number of unbranched alkanes of at least 4 members (excludes halogenated alkanes) is 2. The summed E-state index contributed by atoms with van der Waals surface area (Å²) >= 11 is 6.83. The van der Waals surface area contributed by atoms with Gasteiger partial charge in [0.2, 0.25) is 21.0 Å². The maximum atomic E-state index is 15.1. The van der Waals surface area contributed by atoms with Crippen molar-refractivity contribution < 1.29 is 30.7 Å². The highest BCUT2D eigenvalue weighted by molar-refractivity contribution is 8.22. The number of thiocarbonyl (C=S) groups is 1. The van der Waals surface area contributed by atoms with Gasteiger partial charge in [-0.3, -0.25) is 0 Å². The topological polar surface area (TPSA) is 72.5 Å². The Morgan fingerprint density at radius 3 is 1.47 bits per heavy atom. The molecule has 0 saturated heterocycles. The summed E-state index contributed by atoms with van der Waals surface area (Å²) in [7, 11) is -18.0. The van der Waals surface area contributed by atoms with Crippen molar-refractivity contribution in [1.82, 2.24) is 0 Å². The van der Waals surface area contributed by atoms with Gasteiger partial charge in [-0.1, -0.05) is 50.1 Å². The first-order valence-corrected chi connectivity index (χ1v) is 43.3. The van der Waals surface area contributed by atoms with Crippen LogP contribution in [-0.2, 0) is 31.7 Å². The van der Waals surface area contributed by atoms with Crippen molar-refractivity contribution >= 4 is 104 Å². The molecule has 0 aliphatic carbocycles. The van der Waals surface area contributed by atoms with Crippen LogP contribution >= 0.6 is 24.0 Å². The molecule has 0 fully saturated rings. The smallest absolute Gasteiger partial charge is 0.338 e. The molecule has 0 bridgehead atoms. The largest absolute Gasteiger partial charge is 0.479 e. The number of carbonyl (C=O) groups is 1. The Hall–Kier alpha value is 0.505. The Labute approximate surface area is 333 Å². The van der Waals surface area contributed by atoms with Gasteiger partial charge >= 0.3 is 5.97 Å².